The zero-order valence-electron chi connectivity index (χ0n) is 18.0. The maximum absolute atomic E-state index is 6.09. The molecule has 1 unspecified atom stereocenters. The van der Waals surface area contributed by atoms with Gasteiger partial charge < -0.3 is 14.2 Å². The van der Waals surface area contributed by atoms with Crippen LogP contribution in [0.5, 0.6) is 0 Å². The molecule has 1 aliphatic heterocycles. The molecule has 3 nitrogen and oxygen atoms in total. The first-order valence-electron chi connectivity index (χ1n) is 10.8. The molecule has 0 aliphatic carbocycles. The minimum absolute atomic E-state index is 0.323. The zero-order chi connectivity index (χ0) is 19.6. The predicted molar refractivity (Wildman–Crippen MR) is 112 cm³/mol. The maximum Gasteiger partial charge on any atom is 0.197 e. The number of unbranched alkanes of at least 4 members (excludes halogenated alkanes) is 5. The van der Waals surface area contributed by atoms with Gasteiger partial charge in [0.25, 0.3) is 0 Å². The van der Waals surface area contributed by atoms with Crippen LogP contribution in [0.15, 0.2) is 30.3 Å². The average Bonchev–Trinajstić information content (AvgIpc) is 2.68. The van der Waals surface area contributed by atoms with Crippen LogP contribution in [0.4, 0.5) is 0 Å². The maximum atomic E-state index is 6.09. The van der Waals surface area contributed by atoms with Crippen molar-refractivity contribution in [3.8, 4) is 0 Å². The van der Waals surface area contributed by atoms with Gasteiger partial charge >= 0.3 is 0 Å². The van der Waals surface area contributed by atoms with Crippen molar-refractivity contribution in [2.75, 3.05) is 27.4 Å². The molecule has 0 spiro atoms. The molecule has 27 heavy (non-hydrogen) atoms. The van der Waals surface area contributed by atoms with Gasteiger partial charge in [0.15, 0.2) is 5.79 Å². The van der Waals surface area contributed by atoms with E-state index in [-0.39, 0.29) is 0 Å². The molecule has 0 bridgehead atoms. The van der Waals surface area contributed by atoms with Crippen LogP contribution in [0.2, 0.25) is 0 Å². The zero-order valence-corrected chi connectivity index (χ0v) is 18.0. The van der Waals surface area contributed by atoms with Crippen molar-refractivity contribution < 1.29 is 14.2 Å². The summed E-state index contributed by atoms with van der Waals surface area (Å²) < 4.78 is 17.7. The van der Waals surface area contributed by atoms with Gasteiger partial charge in [-0.2, -0.15) is 0 Å². The molecule has 3 heteroatoms. The van der Waals surface area contributed by atoms with E-state index in [2.05, 4.69) is 44.2 Å². The molecule has 1 fully saturated rings. The number of hydrogen-bond donors (Lipinski definition) is 0. The number of benzene rings is 1. The number of rotatable bonds is 14. The Bertz CT molecular complexity index is 506. The van der Waals surface area contributed by atoms with E-state index < -0.39 is 5.79 Å². The van der Waals surface area contributed by atoms with Gasteiger partial charge in [-0.25, -0.2) is 0 Å². The Morgan fingerprint density at radius 3 is 2.15 bits per heavy atom. The van der Waals surface area contributed by atoms with Crippen molar-refractivity contribution in [2.45, 2.75) is 77.4 Å². The highest BCUT2D eigenvalue weighted by atomic mass is 16.7. The summed E-state index contributed by atoms with van der Waals surface area (Å²) in [7, 11) is 3.58. The molecule has 1 aromatic carbocycles. The Morgan fingerprint density at radius 1 is 0.963 bits per heavy atom. The average molecular weight is 377 g/mol. The predicted octanol–water partition coefficient (Wildman–Crippen LogP) is 6.32. The molecule has 0 N–H and O–H groups in total. The Hall–Kier alpha value is -0.900. The van der Waals surface area contributed by atoms with Crippen molar-refractivity contribution in [2.24, 2.45) is 11.3 Å². The minimum Gasteiger partial charge on any atom is -0.380 e. The first-order chi connectivity index (χ1) is 13.1. The standard InChI is InChI=1S/C24H40O3/c1-5-6-7-8-9-11-16-22(17-18-23(2)19-27-20-23)24(25-3,26-4)21-14-12-10-13-15-21/h10,12-15,22H,5-9,11,16-20H2,1-4H3. The van der Waals surface area contributed by atoms with Crippen molar-refractivity contribution in [1.29, 1.82) is 0 Å². The SMILES string of the molecule is CCCCCCCCC(CCC1(C)COC1)C(OC)(OC)c1ccccc1. The number of methoxy groups -OCH3 is 2. The lowest BCUT2D eigenvalue weighted by molar-refractivity contribution is -0.255. The third kappa shape index (κ3) is 6.04. The van der Waals surface area contributed by atoms with Crippen LogP contribution in [0.25, 0.3) is 0 Å². The Kier molecular flexibility index (Phi) is 9.28. The van der Waals surface area contributed by atoms with Crippen molar-refractivity contribution in [3.05, 3.63) is 35.9 Å². The Morgan fingerprint density at radius 2 is 1.59 bits per heavy atom. The second-order valence-corrected chi connectivity index (χ2v) is 8.54. The van der Waals surface area contributed by atoms with Crippen molar-refractivity contribution >= 4 is 0 Å². The lowest BCUT2D eigenvalue weighted by Gasteiger charge is -2.43. The lowest BCUT2D eigenvalue weighted by Crippen LogP contribution is -2.43. The molecule has 0 aromatic heterocycles. The van der Waals surface area contributed by atoms with Gasteiger partial charge in [-0.05, 0) is 19.3 Å². The second-order valence-electron chi connectivity index (χ2n) is 8.54. The van der Waals surface area contributed by atoms with Gasteiger partial charge in [-0.1, -0.05) is 82.7 Å². The Labute approximate surface area is 166 Å². The molecule has 1 heterocycles. The minimum atomic E-state index is -0.661. The summed E-state index contributed by atoms with van der Waals surface area (Å²) in [6.45, 7) is 6.37. The van der Waals surface area contributed by atoms with E-state index in [9.17, 15) is 0 Å². The van der Waals surface area contributed by atoms with Gasteiger partial charge in [0.1, 0.15) is 0 Å². The first kappa shape index (κ1) is 22.4. The van der Waals surface area contributed by atoms with Gasteiger partial charge in [0, 0.05) is 31.1 Å². The molecule has 0 radical (unpaired) electrons. The summed E-state index contributed by atoms with van der Waals surface area (Å²) >= 11 is 0. The highest BCUT2D eigenvalue weighted by Crippen LogP contribution is 2.43. The molecular formula is C24H40O3. The van der Waals surface area contributed by atoms with E-state index in [0.717, 1.165) is 38.0 Å². The van der Waals surface area contributed by atoms with Gasteiger partial charge in [-0.15, -0.1) is 0 Å². The first-order valence-corrected chi connectivity index (χ1v) is 10.8. The highest BCUT2D eigenvalue weighted by Gasteiger charge is 2.42. The summed E-state index contributed by atoms with van der Waals surface area (Å²) in [5.74, 6) is -0.315. The summed E-state index contributed by atoms with van der Waals surface area (Å²) in [5, 5.41) is 0. The summed E-state index contributed by atoms with van der Waals surface area (Å²) in [6.07, 6.45) is 11.3. The van der Waals surface area contributed by atoms with E-state index in [1.807, 2.05) is 0 Å². The van der Waals surface area contributed by atoms with Crippen LogP contribution in [-0.2, 0) is 20.0 Å². The molecule has 0 amide bonds. The van der Waals surface area contributed by atoms with Crippen molar-refractivity contribution in [3.63, 3.8) is 0 Å². The monoisotopic (exact) mass is 376 g/mol. The van der Waals surface area contributed by atoms with Gasteiger partial charge in [0.2, 0.25) is 0 Å². The smallest absolute Gasteiger partial charge is 0.197 e. The Balaban J connectivity index is 2.07. The highest BCUT2D eigenvalue weighted by molar-refractivity contribution is 5.21. The quantitative estimate of drug-likeness (QED) is 0.281. The molecule has 1 atom stereocenters. The molecule has 2 rings (SSSR count). The van der Waals surface area contributed by atoms with Crippen molar-refractivity contribution in [1.82, 2.24) is 0 Å². The second kappa shape index (κ2) is 11.2. The van der Waals surface area contributed by atoms with Crippen LogP contribution in [0.1, 0.15) is 77.2 Å². The number of hydrogen-bond acceptors (Lipinski definition) is 3. The van der Waals surface area contributed by atoms with E-state index in [0.29, 0.717) is 11.3 Å². The van der Waals surface area contributed by atoms with Crippen LogP contribution in [0.3, 0.4) is 0 Å². The van der Waals surface area contributed by atoms with E-state index >= 15 is 0 Å². The third-order valence-corrected chi connectivity index (χ3v) is 6.22. The van der Waals surface area contributed by atoms with Gasteiger partial charge in [-0.3, -0.25) is 0 Å². The van der Waals surface area contributed by atoms with E-state index in [4.69, 9.17) is 14.2 Å². The van der Waals surface area contributed by atoms with Gasteiger partial charge in [0.05, 0.1) is 13.2 Å². The fourth-order valence-electron chi connectivity index (χ4n) is 4.37. The summed E-state index contributed by atoms with van der Waals surface area (Å²) in [6, 6.07) is 10.5. The molecular weight excluding hydrogens is 336 g/mol. The fraction of sp³-hybridized carbons (Fsp3) is 0.750. The molecule has 154 valence electrons. The van der Waals surface area contributed by atoms with Crippen LogP contribution >= 0.6 is 0 Å². The summed E-state index contributed by atoms with van der Waals surface area (Å²) in [4.78, 5) is 0. The fourth-order valence-corrected chi connectivity index (χ4v) is 4.37. The molecule has 1 saturated heterocycles. The lowest BCUT2D eigenvalue weighted by atomic mass is 9.76. The molecule has 1 aromatic rings. The largest absolute Gasteiger partial charge is 0.380 e. The topological polar surface area (TPSA) is 27.7 Å². The molecule has 1 aliphatic rings. The van der Waals surface area contributed by atoms with Crippen LogP contribution in [-0.4, -0.2) is 27.4 Å². The van der Waals surface area contributed by atoms with Crippen LogP contribution < -0.4 is 0 Å². The van der Waals surface area contributed by atoms with Crippen LogP contribution in [0, 0.1) is 11.3 Å². The van der Waals surface area contributed by atoms with E-state index in [1.165, 1.54) is 38.5 Å². The summed E-state index contributed by atoms with van der Waals surface area (Å²) in [5.41, 5.74) is 1.45. The van der Waals surface area contributed by atoms with E-state index in [1.54, 1.807) is 14.2 Å². The normalized spacial score (nSPS) is 17.5. The number of ether oxygens (including phenoxy) is 3. The third-order valence-electron chi connectivity index (χ3n) is 6.22. The molecule has 0 saturated carbocycles.